The summed E-state index contributed by atoms with van der Waals surface area (Å²) < 4.78 is 0. The van der Waals surface area contributed by atoms with Crippen LogP contribution in [0.15, 0.2) is 24.4 Å². The maximum Gasteiger partial charge on any atom is 0.276 e. The van der Waals surface area contributed by atoms with E-state index in [1.165, 1.54) is 6.20 Å². The predicted molar refractivity (Wildman–Crippen MR) is 61.2 cm³/mol. The number of pyridine rings is 1. The van der Waals surface area contributed by atoms with Crippen molar-refractivity contribution in [2.24, 2.45) is 0 Å². The number of hydrogen-bond donors (Lipinski definition) is 1. The van der Waals surface area contributed by atoms with Crippen LogP contribution in [0.3, 0.4) is 0 Å². The van der Waals surface area contributed by atoms with Gasteiger partial charge in [0.25, 0.3) is 5.91 Å². The second kappa shape index (κ2) is 4.73. The highest BCUT2D eigenvalue weighted by molar-refractivity contribution is 5.91. The van der Waals surface area contributed by atoms with Crippen molar-refractivity contribution in [2.45, 2.75) is 13.5 Å². The van der Waals surface area contributed by atoms with Gasteiger partial charge in [-0.05, 0) is 19.1 Å². The molecule has 1 amide bonds. The Morgan fingerprint density at radius 1 is 1.47 bits per heavy atom. The van der Waals surface area contributed by atoms with Crippen molar-refractivity contribution in [3.05, 3.63) is 41.5 Å². The van der Waals surface area contributed by atoms with E-state index in [1.807, 2.05) is 25.1 Å². The highest BCUT2D eigenvalue weighted by Gasteiger charge is 2.14. The Hall–Kier alpha value is -2.24. The summed E-state index contributed by atoms with van der Waals surface area (Å²) in [6.07, 6.45) is 1.41. The largest absolute Gasteiger partial charge is 0.334 e. The quantitative estimate of drug-likeness (QED) is 0.847. The predicted octanol–water partition coefficient (Wildman–Crippen LogP) is 0.780. The Labute approximate surface area is 98.7 Å². The molecule has 0 saturated heterocycles. The van der Waals surface area contributed by atoms with Gasteiger partial charge in [-0.1, -0.05) is 6.07 Å². The summed E-state index contributed by atoms with van der Waals surface area (Å²) in [4.78, 5) is 17.8. The molecule has 0 bridgehead atoms. The molecule has 6 heteroatoms. The van der Waals surface area contributed by atoms with Gasteiger partial charge in [-0.2, -0.15) is 15.4 Å². The fraction of sp³-hybridized carbons (Fsp3) is 0.273. The summed E-state index contributed by atoms with van der Waals surface area (Å²) in [6.45, 7) is 2.37. The van der Waals surface area contributed by atoms with Gasteiger partial charge < -0.3 is 4.90 Å². The molecule has 1 N–H and O–H groups in total. The fourth-order valence-electron chi connectivity index (χ4n) is 1.50. The van der Waals surface area contributed by atoms with Crippen LogP contribution in [0.25, 0.3) is 0 Å². The lowest BCUT2D eigenvalue weighted by atomic mass is 10.3. The van der Waals surface area contributed by atoms with E-state index in [0.717, 1.165) is 11.4 Å². The van der Waals surface area contributed by atoms with Crippen molar-refractivity contribution in [3.63, 3.8) is 0 Å². The van der Waals surface area contributed by atoms with Gasteiger partial charge in [0.05, 0.1) is 18.4 Å². The molecule has 17 heavy (non-hydrogen) atoms. The summed E-state index contributed by atoms with van der Waals surface area (Å²) in [5.74, 6) is -0.179. The minimum atomic E-state index is -0.179. The van der Waals surface area contributed by atoms with Crippen molar-refractivity contribution in [2.75, 3.05) is 7.05 Å². The molecule has 0 aromatic carbocycles. The van der Waals surface area contributed by atoms with Gasteiger partial charge in [-0.15, -0.1) is 0 Å². The number of aromatic amines is 1. The number of amides is 1. The summed E-state index contributed by atoms with van der Waals surface area (Å²) in [7, 11) is 1.71. The molecule has 0 saturated carbocycles. The Morgan fingerprint density at radius 3 is 2.94 bits per heavy atom. The van der Waals surface area contributed by atoms with Crippen LogP contribution in [-0.2, 0) is 6.54 Å². The highest BCUT2D eigenvalue weighted by atomic mass is 16.2. The zero-order chi connectivity index (χ0) is 12.3. The third kappa shape index (κ3) is 2.66. The van der Waals surface area contributed by atoms with Crippen molar-refractivity contribution in [1.29, 1.82) is 0 Å². The number of aryl methyl sites for hydroxylation is 1. The van der Waals surface area contributed by atoms with E-state index in [2.05, 4.69) is 20.4 Å². The Balaban J connectivity index is 2.07. The van der Waals surface area contributed by atoms with E-state index in [9.17, 15) is 4.79 Å². The molecular formula is C11H13N5O. The lowest BCUT2D eigenvalue weighted by Crippen LogP contribution is -2.27. The van der Waals surface area contributed by atoms with Crippen molar-refractivity contribution < 1.29 is 4.79 Å². The molecule has 0 atom stereocenters. The van der Waals surface area contributed by atoms with Crippen LogP contribution in [-0.4, -0.2) is 38.2 Å². The van der Waals surface area contributed by atoms with E-state index < -0.39 is 0 Å². The van der Waals surface area contributed by atoms with Gasteiger partial charge in [0, 0.05) is 12.7 Å². The van der Waals surface area contributed by atoms with Gasteiger partial charge >= 0.3 is 0 Å². The van der Waals surface area contributed by atoms with Gasteiger partial charge in [0.1, 0.15) is 0 Å². The van der Waals surface area contributed by atoms with E-state index in [-0.39, 0.29) is 5.91 Å². The first kappa shape index (κ1) is 11.3. The summed E-state index contributed by atoms with van der Waals surface area (Å²) >= 11 is 0. The Morgan fingerprint density at radius 2 is 2.29 bits per heavy atom. The minimum Gasteiger partial charge on any atom is -0.334 e. The molecule has 2 aromatic heterocycles. The second-order valence-electron chi connectivity index (χ2n) is 3.79. The summed E-state index contributed by atoms with van der Waals surface area (Å²) in [5.41, 5.74) is 2.09. The van der Waals surface area contributed by atoms with Crippen LogP contribution < -0.4 is 0 Å². The molecule has 2 aromatic rings. The number of hydrogen-bond acceptors (Lipinski definition) is 4. The molecule has 0 aliphatic carbocycles. The van der Waals surface area contributed by atoms with Crippen LogP contribution in [0.2, 0.25) is 0 Å². The highest BCUT2D eigenvalue weighted by Crippen LogP contribution is 2.04. The lowest BCUT2D eigenvalue weighted by molar-refractivity contribution is 0.0777. The van der Waals surface area contributed by atoms with Crippen molar-refractivity contribution in [1.82, 2.24) is 25.3 Å². The topological polar surface area (TPSA) is 74.8 Å². The van der Waals surface area contributed by atoms with Crippen LogP contribution in [0.5, 0.6) is 0 Å². The number of aromatic nitrogens is 4. The van der Waals surface area contributed by atoms with E-state index in [0.29, 0.717) is 12.2 Å². The molecule has 0 aliphatic rings. The smallest absolute Gasteiger partial charge is 0.276 e. The average molecular weight is 231 g/mol. The number of H-pyrrole nitrogens is 1. The van der Waals surface area contributed by atoms with E-state index in [4.69, 9.17) is 0 Å². The zero-order valence-electron chi connectivity index (χ0n) is 9.71. The fourth-order valence-corrected chi connectivity index (χ4v) is 1.50. The van der Waals surface area contributed by atoms with Crippen LogP contribution in [0.1, 0.15) is 21.9 Å². The molecule has 2 rings (SSSR count). The SMILES string of the molecule is Cc1cccc(CN(C)C(=O)c2cn[nH]n2)n1. The van der Waals surface area contributed by atoms with Gasteiger partial charge in [-0.25, -0.2) is 0 Å². The molecule has 0 radical (unpaired) electrons. The molecule has 6 nitrogen and oxygen atoms in total. The standard InChI is InChI=1S/C11H13N5O/c1-8-4-3-5-9(13-8)7-16(2)11(17)10-6-12-15-14-10/h3-6H,7H2,1-2H3,(H,12,14,15). The molecule has 0 spiro atoms. The summed E-state index contributed by atoms with van der Waals surface area (Å²) in [5, 5.41) is 9.77. The molecule has 0 unspecified atom stereocenters. The number of nitrogens with zero attached hydrogens (tertiary/aromatic N) is 4. The minimum absolute atomic E-state index is 0.179. The van der Waals surface area contributed by atoms with Crippen LogP contribution >= 0.6 is 0 Å². The first-order valence-electron chi connectivity index (χ1n) is 5.20. The van der Waals surface area contributed by atoms with E-state index >= 15 is 0 Å². The molecular weight excluding hydrogens is 218 g/mol. The second-order valence-corrected chi connectivity index (χ2v) is 3.79. The van der Waals surface area contributed by atoms with Gasteiger partial charge in [0.2, 0.25) is 0 Å². The third-order valence-electron chi connectivity index (χ3n) is 2.33. The number of carbonyl (C=O) groups is 1. The zero-order valence-corrected chi connectivity index (χ0v) is 9.71. The third-order valence-corrected chi connectivity index (χ3v) is 2.33. The molecule has 0 aliphatic heterocycles. The number of rotatable bonds is 3. The molecule has 88 valence electrons. The Kier molecular flexibility index (Phi) is 3.13. The maximum atomic E-state index is 11.9. The number of carbonyl (C=O) groups excluding carboxylic acids is 1. The first-order valence-corrected chi connectivity index (χ1v) is 5.20. The van der Waals surface area contributed by atoms with Crippen molar-refractivity contribution in [3.8, 4) is 0 Å². The summed E-state index contributed by atoms with van der Waals surface area (Å²) in [6, 6.07) is 5.73. The van der Waals surface area contributed by atoms with Gasteiger partial charge in [0.15, 0.2) is 5.69 Å². The monoisotopic (exact) mass is 231 g/mol. The number of nitrogens with one attached hydrogen (secondary N) is 1. The Bertz CT molecular complexity index is 508. The van der Waals surface area contributed by atoms with Crippen LogP contribution in [0.4, 0.5) is 0 Å². The normalized spacial score (nSPS) is 10.2. The van der Waals surface area contributed by atoms with Gasteiger partial charge in [-0.3, -0.25) is 9.78 Å². The van der Waals surface area contributed by atoms with Crippen LogP contribution in [0, 0.1) is 6.92 Å². The average Bonchev–Trinajstić information content (AvgIpc) is 2.81. The van der Waals surface area contributed by atoms with E-state index in [1.54, 1.807) is 11.9 Å². The van der Waals surface area contributed by atoms with Crippen molar-refractivity contribution >= 4 is 5.91 Å². The lowest BCUT2D eigenvalue weighted by Gasteiger charge is -2.15. The maximum absolute atomic E-state index is 11.9. The molecule has 2 heterocycles. The molecule has 0 fully saturated rings. The first-order chi connectivity index (χ1) is 8.16.